The van der Waals surface area contributed by atoms with Crippen molar-refractivity contribution >= 4 is 0 Å². The molecule has 1 atom stereocenters. The van der Waals surface area contributed by atoms with E-state index in [-0.39, 0.29) is 6.04 Å². The number of rotatable bonds is 7. The Kier molecular flexibility index (Phi) is 5.24. The van der Waals surface area contributed by atoms with Gasteiger partial charge in [0.2, 0.25) is 0 Å². The molecule has 0 aromatic carbocycles. The van der Waals surface area contributed by atoms with Crippen LogP contribution in [0.5, 0.6) is 0 Å². The summed E-state index contributed by atoms with van der Waals surface area (Å²) in [4.78, 5) is 8.65. The van der Waals surface area contributed by atoms with Crippen molar-refractivity contribution in [1.29, 1.82) is 0 Å². The minimum Gasteiger partial charge on any atom is -0.310 e. The van der Waals surface area contributed by atoms with Crippen molar-refractivity contribution < 1.29 is 0 Å². The Bertz CT molecular complexity index is 535. The Morgan fingerprint density at radius 3 is 2.85 bits per heavy atom. The van der Waals surface area contributed by atoms with Gasteiger partial charge in [-0.2, -0.15) is 5.10 Å². The van der Waals surface area contributed by atoms with E-state index in [1.807, 2.05) is 17.8 Å². The number of aryl methyl sites for hydroxylation is 2. The second-order valence-electron chi connectivity index (χ2n) is 4.93. The minimum absolute atomic E-state index is 0.256. The summed E-state index contributed by atoms with van der Waals surface area (Å²) in [5, 5.41) is 7.84. The zero-order chi connectivity index (χ0) is 14.4. The molecule has 2 aromatic rings. The van der Waals surface area contributed by atoms with Crippen molar-refractivity contribution in [2.45, 2.75) is 46.2 Å². The first kappa shape index (κ1) is 14.7. The van der Waals surface area contributed by atoms with Gasteiger partial charge in [0.15, 0.2) is 0 Å². The van der Waals surface area contributed by atoms with E-state index in [0.717, 1.165) is 37.4 Å². The first-order valence-corrected chi connectivity index (χ1v) is 7.27. The van der Waals surface area contributed by atoms with Gasteiger partial charge in [0.25, 0.3) is 0 Å². The lowest BCUT2D eigenvalue weighted by molar-refractivity contribution is 0.496. The molecular weight excluding hydrogens is 250 g/mol. The van der Waals surface area contributed by atoms with E-state index in [0.29, 0.717) is 0 Å². The summed E-state index contributed by atoms with van der Waals surface area (Å²) in [6, 6.07) is 4.47. The molecule has 2 rings (SSSR count). The largest absolute Gasteiger partial charge is 0.310 e. The van der Waals surface area contributed by atoms with Crippen LogP contribution in [-0.4, -0.2) is 26.3 Å². The fraction of sp³-hybridized carbons (Fsp3) is 0.533. The Morgan fingerprint density at radius 1 is 1.30 bits per heavy atom. The van der Waals surface area contributed by atoms with E-state index in [1.165, 1.54) is 5.56 Å². The minimum atomic E-state index is 0.256. The molecule has 0 bridgehead atoms. The maximum atomic E-state index is 4.38. The smallest absolute Gasteiger partial charge is 0.138 e. The molecule has 1 N–H and O–H groups in total. The maximum absolute atomic E-state index is 4.38. The molecule has 2 aromatic heterocycles. The van der Waals surface area contributed by atoms with Crippen molar-refractivity contribution in [1.82, 2.24) is 25.1 Å². The molecule has 0 aliphatic carbocycles. The molecule has 2 heterocycles. The van der Waals surface area contributed by atoms with E-state index in [2.05, 4.69) is 46.4 Å². The van der Waals surface area contributed by atoms with Gasteiger partial charge >= 0.3 is 0 Å². The van der Waals surface area contributed by atoms with E-state index in [9.17, 15) is 0 Å². The van der Waals surface area contributed by atoms with Crippen LogP contribution < -0.4 is 5.32 Å². The fourth-order valence-electron chi connectivity index (χ4n) is 2.30. The van der Waals surface area contributed by atoms with Gasteiger partial charge in [-0.15, -0.1) is 0 Å². The molecule has 0 fully saturated rings. The van der Waals surface area contributed by atoms with Gasteiger partial charge in [0.1, 0.15) is 12.2 Å². The van der Waals surface area contributed by atoms with Crippen LogP contribution in [0.2, 0.25) is 0 Å². The molecule has 108 valence electrons. The summed E-state index contributed by atoms with van der Waals surface area (Å²) in [7, 11) is 0. The van der Waals surface area contributed by atoms with Gasteiger partial charge < -0.3 is 5.32 Å². The molecule has 5 nitrogen and oxygen atoms in total. The van der Waals surface area contributed by atoms with Crippen molar-refractivity contribution in [3.63, 3.8) is 0 Å². The molecule has 0 saturated carbocycles. The average molecular weight is 273 g/mol. The highest BCUT2D eigenvalue weighted by Crippen LogP contribution is 2.18. The normalized spacial score (nSPS) is 12.6. The molecule has 0 spiro atoms. The highest BCUT2D eigenvalue weighted by atomic mass is 15.3. The van der Waals surface area contributed by atoms with Crippen molar-refractivity contribution in [2.24, 2.45) is 0 Å². The van der Waals surface area contributed by atoms with Crippen LogP contribution in [0.4, 0.5) is 0 Å². The van der Waals surface area contributed by atoms with E-state index >= 15 is 0 Å². The second-order valence-corrected chi connectivity index (χ2v) is 4.93. The summed E-state index contributed by atoms with van der Waals surface area (Å²) in [5.41, 5.74) is 2.30. The van der Waals surface area contributed by atoms with Crippen molar-refractivity contribution in [3.05, 3.63) is 41.7 Å². The van der Waals surface area contributed by atoms with Gasteiger partial charge in [-0.3, -0.25) is 9.67 Å². The molecular formula is C15H23N5. The summed E-state index contributed by atoms with van der Waals surface area (Å²) in [6.07, 6.45) is 5.46. The highest BCUT2D eigenvalue weighted by molar-refractivity contribution is 5.20. The first-order chi connectivity index (χ1) is 9.74. The molecule has 0 radical (unpaired) electrons. The zero-order valence-corrected chi connectivity index (χ0v) is 12.5. The van der Waals surface area contributed by atoms with Crippen LogP contribution in [-0.2, 0) is 13.0 Å². The Balaban J connectivity index is 2.19. The SMILES string of the molecule is CCCNC(Cc1ncnn1CC)c1ccnc(C)c1. The van der Waals surface area contributed by atoms with Crippen LogP contribution in [0.25, 0.3) is 0 Å². The second kappa shape index (κ2) is 7.14. The molecule has 0 saturated heterocycles. The predicted molar refractivity (Wildman–Crippen MR) is 79.4 cm³/mol. The third-order valence-electron chi connectivity index (χ3n) is 3.35. The predicted octanol–water partition coefficient (Wildman–Crippen LogP) is 2.28. The number of hydrogen-bond donors (Lipinski definition) is 1. The molecule has 20 heavy (non-hydrogen) atoms. The molecule has 0 aliphatic rings. The quantitative estimate of drug-likeness (QED) is 0.841. The summed E-state index contributed by atoms with van der Waals surface area (Å²) in [6.45, 7) is 8.13. The first-order valence-electron chi connectivity index (χ1n) is 7.27. The number of pyridine rings is 1. The van der Waals surface area contributed by atoms with Gasteiger partial charge in [-0.05, 0) is 44.5 Å². The standard InChI is InChI=1S/C15H23N5/c1-4-7-17-14(13-6-8-16-12(3)9-13)10-15-18-11-19-20(15)5-2/h6,8-9,11,14,17H,4-5,7,10H2,1-3H3. The Labute approximate surface area is 120 Å². The van der Waals surface area contributed by atoms with E-state index < -0.39 is 0 Å². The van der Waals surface area contributed by atoms with Crippen LogP contribution in [0, 0.1) is 6.92 Å². The van der Waals surface area contributed by atoms with Gasteiger partial charge in [-0.1, -0.05) is 6.92 Å². The van der Waals surface area contributed by atoms with Crippen molar-refractivity contribution in [3.8, 4) is 0 Å². The average Bonchev–Trinajstić information content (AvgIpc) is 2.90. The zero-order valence-electron chi connectivity index (χ0n) is 12.5. The lowest BCUT2D eigenvalue weighted by Gasteiger charge is -2.19. The molecule has 0 amide bonds. The molecule has 0 aliphatic heterocycles. The molecule has 5 heteroatoms. The lowest BCUT2D eigenvalue weighted by Crippen LogP contribution is -2.25. The topological polar surface area (TPSA) is 55.6 Å². The fourth-order valence-corrected chi connectivity index (χ4v) is 2.30. The van der Waals surface area contributed by atoms with Crippen LogP contribution in [0.15, 0.2) is 24.7 Å². The van der Waals surface area contributed by atoms with Crippen molar-refractivity contribution in [2.75, 3.05) is 6.54 Å². The highest BCUT2D eigenvalue weighted by Gasteiger charge is 2.15. The van der Waals surface area contributed by atoms with E-state index in [1.54, 1.807) is 6.33 Å². The van der Waals surface area contributed by atoms with Gasteiger partial charge in [0.05, 0.1) is 0 Å². The number of nitrogens with one attached hydrogen (secondary N) is 1. The number of hydrogen-bond acceptors (Lipinski definition) is 4. The monoisotopic (exact) mass is 273 g/mol. The third-order valence-corrected chi connectivity index (χ3v) is 3.35. The van der Waals surface area contributed by atoms with E-state index in [4.69, 9.17) is 0 Å². The Hall–Kier alpha value is -1.75. The summed E-state index contributed by atoms with van der Waals surface area (Å²) < 4.78 is 1.95. The van der Waals surface area contributed by atoms with Crippen LogP contribution in [0.3, 0.4) is 0 Å². The van der Waals surface area contributed by atoms with Crippen LogP contribution in [0.1, 0.15) is 43.4 Å². The Morgan fingerprint density at radius 2 is 2.15 bits per heavy atom. The maximum Gasteiger partial charge on any atom is 0.138 e. The van der Waals surface area contributed by atoms with Gasteiger partial charge in [0, 0.05) is 30.9 Å². The lowest BCUT2D eigenvalue weighted by atomic mass is 10.0. The summed E-state index contributed by atoms with van der Waals surface area (Å²) >= 11 is 0. The van der Waals surface area contributed by atoms with Gasteiger partial charge in [-0.25, -0.2) is 4.98 Å². The summed E-state index contributed by atoms with van der Waals surface area (Å²) in [5.74, 6) is 1.02. The number of nitrogens with zero attached hydrogens (tertiary/aromatic N) is 4. The van der Waals surface area contributed by atoms with Crippen LogP contribution >= 0.6 is 0 Å². The third kappa shape index (κ3) is 3.63. The number of aromatic nitrogens is 4. The molecule has 1 unspecified atom stereocenters.